The van der Waals surface area contributed by atoms with Gasteiger partial charge in [0.25, 0.3) is 0 Å². The molecule has 80 valence electrons. The molecule has 0 spiro atoms. The summed E-state index contributed by atoms with van der Waals surface area (Å²) in [4.78, 5) is 11.0. The Kier molecular flexibility index (Phi) is 4.09. The highest BCUT2D eigenvalue weighted by Crippen LogP contribution is 2.28. The van der Waals surface area contributed by atoms with Gasteiger partial charge in [-0.25, -0.2) is 0 Å². The lowest BCUT2D eigenvalue weighted by Crippen LogP contribution is -1.92. The van der Waals surface area contributed by atoms with Crippen molar-refractivity contribution in [2.75, 3.05) is 7.11 Å². The number of rotatable bonds is 3. The van der Waals surface area contributed by atoms with E-state index in [2.05, 4.69) is 15.9 Å². The second-order valence-corrected chi connectivity index (χ2v) is 4.20. The molecule has 2 nitrogen and oxygen atoms in total. The van der Waals surface area contributed by atoms with E-state index in [0.717, 1.165) is 21.4 Å². The molecule has 0 aromatic heterocycles. The molecule has 0 radical (unpaired) electrons. The first kappa shape index (κ1) is 12.0. The fourth-order valence-electron chi connectivity index (χ4n) is 1.37. The van der Waals surface area contributed by atoms with E-state index in [1.54, 1.807) is 13.2 Å². The van der Waals surface area contributed by atoms with Crippen LogP contribution in [0.4, 0.5) is 0 Å². The summed E-state index contributed by atoms with van der Waals surface area (Å²) in [6, 6.07) is 5.74. The van der Waals surface area contributed by atoms with Crippen LogP contribution < -0.4 is 4.74 Å². The number of hydrogen-bond acceptors (Lipinski definition) is 2. The van der Waals surface area contributed by atoms with Crippen molar-refractivity contribution >= 4 is 27.3 Å². The molecule has 0 fully saturated rings. The van der Waals surface area contributed by atoms with E-state index in [-0.39, 0.29) is 5.78 Å². The molecule has 0 aliphatic heterocycles. The second-order valence-electron chi connectivity index (χ2n) is 3.28. The number of ketones is 1. The summed E-state index contributed by atoms with van der Waals surface area (Å²) < 4.78 is 6.20. The van der Waals surface area contributed by atoms with Crippen molar-refractivity contribution in [3.05, 3.63) is 34.3 Å². The number of halogens is 1. The second kappa shape index (κ2) is 5.12. The van der Waals surface area contributed by atoms with Crippen molar-refractivity contribution in [2.45, 2.75) is 13.8 Å². The zero-order chi connectivity index (χ0) is 11.4. The van der Waals surface area contributed by atoms with E-state index in [1.807, 2.05) is 25.1 Å². The smallest absolute Gasteiger partial charge is 0.152 e. The zero-order valence-corrected chi connectivity index (χ0v) is 10.6. The highest BCUT2D eigenvalue weighted by Gasteiger charge is 2.05. The molecule has 0 N–H and O–H groups in total. The van der Waals surface area contributed by atoms with Crippen molar-refractivity contribution in [3.63, 3.8) is 0 Å². The fourth-order valence-corrected chi connectivity index (χ4v) is 1.71. The van der Waals surface area contributed by atoms with Crippen molar-refractivity contribution < 1.29 is 9.53 Å². The summed E-state index contributed by atoms with van der Waals surface area (Å²) in [7, 11) is 1.62. The van der Waals surface area contributed by atoms with Crippen LogP contribution in [0.15, 0.2) is 28.7 Å². The van der Waals surface area contributed by atoms with Crippen molar-refractivity contribution in [3.8, 4) is 5.75 Å². The average Bonchev–Trinajstić information content (AvgIpc) is 2.16. The van der Waals surface area contributed by atoms with Gasteiger partial charge in [-0.1, -0.05) is 15.9 Å². The molecule has 0 bridgehead atoms. The predicted octanol–water partition coefficient (Wildman–Crippen LogP) is 3.45. The minimum atomic E-state index is 0.0393. The van der Waals surface area contributed by atoms with Gasteiger partial charge in [-0.3, -0.25) is 4.79 Å². The van der Waals surface area contributed by atoms with E-state index in [1.165, 1.54) is 6.92 Å². The normalized spacial score (nSPS) is 11.3. The average molecular weight is 269 g/mol. The highest BCUT2D eigenvalue weighted by atomic mass is 79.9. The number of carbonyl (C=O) groups excluding carboxylic acids is 1. The Bertz CT molecular complexity index is 408. The first-order chi connectivity index (χ1) is 7.04. The molecule has 0 saturated carbocycles. The molecule has 1 aromatic carbocycles. The summed E-state index contributed by atoms with van der Waals surface area (Å²) in [5.74, 6) is 0.803. The van der Waals surface area contributed by atoms with Crippen molar-refractivity contribution in [1.82, 2.24) is 0 Å². The zero-order valence-electron chi connectivity index (χ0n) is 9.00. The van der Waals surface area contributed by atoms with Gasteiger partial charge in [0, 0.05) is 10.0 Å². The maximum atomic E-state index is 11.0. The van der Waals surface area contributed by atoms with Gasteiger partial charge in [0.05, 0.1) is 7.11 Å². The molecule has 1 aromatic rings. The molecule has 0 amide bonds. The van der Waals surface area contributed by atoms with Gasteiger partial charge < -0.3 is 4.74 Å². The highest BCUT2D eigenvalue weighted by molar-refractivity contribution is 9.10. The first-order valence-corrected chi connectivity index (χ1v) is 5.36. The van der Waals surface area contributed by atoms with Crippen LogP contribution in [0.2, 0.25) is 0 Å². The summed E-state index contributed by atoms with van der Waals surface area (Å²) >= 11 is 3.37. The van der Waals surface area contributed by atoms with Crippen LogP contribution in [-0.2, 0) is 4.79 Å². The maximum Gasteiger partial charge on any atom is 0.152 e. The molecule has 0 atom stereocenters. The molecule has 3 heteroatoms. The van der Waals surface area contributed by atoms with E-state index >= 15 is 0 Å². The molecule has 0 aliphatic rings. The molecule has 1 rings (SSSR count). The number of methoxy groups -OCH3 is 1. The molecular formula is C12H13BrO2. The summed E-state index contributed by atoms with van der Waals surface area (Å²) in [6.45, 7) is 3.43. The van der Waals surface area contributed by atoms with Crippen LogP contribution in [0.1, 0.15) is 19.4 Å². The summed E-state index contributed by atoms with van der Waals surface area (Å²) in [5.41, 5.74) is 1.85. The predicted molar refractivity (Wildman–Crippen MR) is 65.0 cm³/mol. The Labute approximate surface area is 98.1 Å². The van der Waals surface area contributed by atoms with Gasteiger partial charge in [-0.05, 0) is 43.7 Å². The Morgan fingerprint density at radius 2 is 2.07 bits per heavy atom. The summed E-state index contributed by atoms with van der Waals surface area (Å²) in [6.07, 6.45) is 1.60. The van der Waals surface area contributed by atoms with E-state index < -0.39 is 0 Å². The minimum absolute atomic E-state index is 0.0393. The molecule has 0 saturated heterocycles. The van der Waals surface area contributed by atoms with Gasteiger partial charge in [0.2, 0.25) is 0 Å². The van der Waals surface area contributed by atoms with Crippen LogP contribution >= 0.6 is 15.9 Å². The van der Waals surface area contributed by atoms with Crippen LogP contribution in [0.25, 0.3) is 5.57 Å². The maximum absolute atomic E-state index is 11.0. The van der Waals surface area contributed by atoms with Gasteiger partial charge in [0.15, 0.2) is 5.78 Å². The van der Waals surface area contributed by atoms with Gasteiger partial charge in [-0.15, -0.1) is 0 Å². The minimum Gasteiger partial charge on any atom is -0.496 e. The number of carbonyl (C=O) groups is 1. The Balaban J connectivity index is 3.19. The molecule has 0 heterocycles. The van der Waals surface area contributed by atoms with Crippen LogP contribution in [-0.4, -0.2) is 12.9 Å². The van der Waals surface area contributed by atoms with Gasteiger partial charge in [0.1, 0.15) is 5.75 Å². The van der Waals surface area contributed by atoms with Crippen LogP contribution in [0.5, 0.6) is 5.75 Å². The molecule has 0 unspecified atom stereocenters. The number of allylic oxidation sites excluding steroid dienone is 2. The third-order valence-electron chi connectivity index (χ3n) is 2.01. The van der Waals surface area contributed by atoms with E-state index in [9.17, 15) is 4.79 Å². The monoisotopic (exact) mass is 268 g/mol. The molecule has 15 heavy (non-hydrogen) atoms. The molecular weight excluding hydrogens is 256 g/mol. The van der Waals surface area contributed by atoms with Crippen LogP contribution in [0, 0.1) is 0 Å². The Morgan fingerprint density at radius 3 is 2.60 bits per heavy atom. The lowest BCUT2D eigenvalue weighted by molar-refractivity contribution is -0.112. The van der Waals surface area contributed by atoms with Crippen molar-refractivity contribution in [2.24, 2.45) is 0 Å². The Hall–Kier alpha value is -1.09. The van der Waals surface area contributed by atoms with Gasteiger partial charge >= 0.3 is 0 Å². The first-order valence-electron chi connectivity index (χ1n) is 4.57. The van der Waals surface area contributed by atoms with Gasteiger partial charge in [-0.2, -0.15) is 0 Å². The summed E-state index contributed by atoms with van der Waals surface area (Å²) in [5, 5.41) is 0. The van der Waals surface area contributed by atoms with Crippen molar-refractivity contribution in [1.29, 1.82) is 0 Å². The standard InChI is InChI=1S/C12H13BrO2/c1-8(6-9(2)14)11-5-4-10(13)7-12(11)15-3/h4-7H,1-3H3/b8-6+. The topological polar surface area (TPSA) is 26.3 Å². The van der Waals surface area contributed by atoms with E-state index in [4.69, 9.17) is 4.74 Å². The quantitative estimate of drug-likeness (QED) is 0.785. The number of benzene rings is 1. The lowest BCUT2D eigenvalue weighted by Gasteiger charge is -2.08. The number of hydrogen-bond donors (Lipinski definition) is 0. The largest absolute Gasteiger partial charge is 0.496 e. The van der Waals surface area contributed by atoms with Crippen LogP contribution in [0.3, 0.4) is 0 Å². The van der Waals surface area contributed by atoms with E-state index in [0.29, 0.717) is 0 Å². The third-order valence-corrected chi connectivity index (χ3v) is 2.50. The lowest BCUT2D eigenvalue weighted by atomic mass is 10.1. The number of ether oxygens (including phenoxy) is 1. The third kappa shape index (κ3) is 3.20. The Morgan fingerprint density at radius 1 is 1.40 bits per heavy atom. The SMILES string of the molecule is COc1cc(Br)ccc1/C(C)=C/C(C)=O. The fraction of sp³-hybridized carbons (Fsp3) is 0.250. The molecule has 0 aliphatic carbocycles.